The summed E-state index contributed by atoms with van der Waals surface area (Å²) in [7, 11) is 1.63. The summed E-state index contributed by atoms with van der Waals surface area (Å²) in [5.41, 5.74) is 0. The largest absolute Gasteiger partial charge is 0.497 e. The van der Waals surface area contributed by atoms with Crippen LogP contribution in [0, 0.1) is 0 Å². The van der Waals surface area contributed by atoms with Crippen LogP contribution in [0.25, 0.3) is 0 Å². The molecule has 7 nitrogen and oxygen atoms in total. The normalized spacial score (nSPS) is 14.0. The number of methoxy groups -OCH3 is 1. The average Bonchev–Trinajstić information content (AvgIpc) is 3.35. The fraction of sp³-hybridized carbons (Fsp3) is 0.450. The minimum Gasteiger partial charge on any atom is -0.497 e. The zero-order chi connectivity index (χ0) is 19.8. The predicted molar refractivity (Wildman–Crippen MR) is 109 cm³/mol. The number of nitrogens with one attached hydrogen (secondary N) is 1. The second-order valence-corrected chi connectivity index (χ2v) is 7.54. The van der Waals surface area contributed by atoms with Crippen molar-refractivity contribution in [3.8, 4) is 11.5 Å². The Kier molecular flexibility index (Phi) is 7.36. The van der Waals surface area contributed by atoms with E-state index in [1.807, 2.05) is 28.8 Å². The third kappa shape index (κ3) is 5.51. The smallest absolute Gasteiger partial charge is 0.230 e. The summed E-state index contributed by atoms with van der Waals surface area (Å²) in [6.07, 6.45) is 6.33. The highest BCUT2D eigenvalue weighted by Gasteiger charge is 2.18. The first-order chi connectivity index (χ1) is 13.7. The first-order valence-electron chi connectivity index (χ1n) is 9.41. The third-order valence-corrected chi connectivity index (χ3v) is 5.55. The van der Waals surface area contributed by atoms with Crippen molar-refractivity contribution < 1.29 is 14.3 Å². The van der Waals surface area contributed by atoms with Crippen molar-refractivity contribution in [3.63, 3.8) is 0 Å². The van der Waals surface area contributed by atoms with Crippen LogP contribution in [0.5, 0.6) is 11.5 Å². The fourth-order valence-electron chi connectivity index (χ4n) is 3.13. The van der Waals surface area contributed by atoms with Gasteiger partial charge in [0.2, 0.25) is 5.91 Å². The maximum Gasteiger partial charge on any atom is 0.230 e. The number of benzene rings is 1. The quantitative estimate of drug-likeness (QED) is 0.486. The average molecular weight is 403 g/mol. The monoisotopic (exact) mass is 402 g/mol. The molecule has 0 aliphatic heterocycles. The molecule has 0 spiro atoms. The molecule has 1 aliphatic rings. The lowest BCUT2D eigenvalue weighted by Crippen LogP contribution is -2.33. The SMILES string of the molecule is C=CCn1c(COc2ccc(OC)cc2)nnc1SCC(=O)NC1CCCC1. The molecule has 28 heavy (non-hydrogen) atoms. The Balaban J connectivity index is 1.56. The molecule has 8 heteroatoms. The number of aromatic nitrogens is 3. The van der Waals surface area contributed by atoms with E-state index in [0.717, 1.165) is 24.3 Å². The van der Waals surface area contributed by atoms with Crippen molar-refractivity contribution in [2.24, 2.45) is 0 Å². The molecule has 150 valence electrons. The minimum absolute atomic E-state index is 0.0427. The number of carbonyl (C=O) groups is 1. The van der Waals surface area contributed by atoms with Crippen molar-refractivity contribution in [2.45, 2.75) is 50.0 Å². The molecule has 1 aliphatic carbocycles. The van der Waals surface area contributed by atoms with Gasteiger partial charge in [0.1, 0.15) is 18.1 Å². The van der Waals surface area contributed by atoms with Gasteiger partial charge in [0.05, 0.1) is 12.9 Å². The molecule has 1 aromatic carbocycles. The molecule has 2 aromatic rings. The van der Waals surface area contributed by atoms with E-state index in [0.29, 0.717) is 29.3 Å². The van der Waals surface area contributed by atoms with Gasteiger partial charge in [0, 0.05) is 12.6 Å². The maximum absolute atomic E-state index is 12.2. The molecule has 0 radical (unpaired) electrons. The maximum atomic E-state index is 12.2. The highest BCUT2D eigenvalue weighted by Crippen LogP contribution is 2.21. The van der Waals surface area contributed by atoms with E-state index in [2.05, 4.69) is 22.1 Å². The summed E-state index contributed by atoms with van der Waals surface area (Å²) >= 11 is 1.38. The number of hydrogen-bond acceptors (Lipinski definition) is 6. The lowest BCUT2D eigenvalue weighted by Gasteiger charge is -2.12. The number of nitrogens with zero attached hydrogens (tertiary/aromatic N) is 3. The lowest BCUT2D eigenvalue weighted by atomic mass is 10.2. The van der Waals surface area contributed by atoms with Crippen molar-refractivity contribution in [1.29, 1.82) is 0 Å². The molecular weight excluding hydrogens is 376 g/mol. The van der Waals surface area contributed by atoms with E-state index >= 15 is 0 Å². The lowest BCUT2D eigenvalue weighted by molar-refractivity contribution is -0.119. The minimum atomic E-state index is 0.0427. The van der Waals surface area contributed by atoms with E-state index < -0.39 is 0 Å². The van der Waals surface area contributed by atoms with E-state index in [1.54, 1.807) is 13.2 Å². The topological polar surface area (TPSA) is 78.3 Å². The van der Waals surface area contributed by atoms with E-state index in [1.165, 1.54) is 24.6 Å². The second-order valence-electron chi connectivity index (χ2n) is 6.60. The first-order valence-corrected chi connectivity index (χ1v) is 10.4. The molecule has 1 saturated carbocycles. The van der Waals surface area contributed by atoms with Crippen LogP contribution in [-0.2, 0) is 17.9 Å². The number of rotatable bonds is 10. The predicted octanol–water partition coefficient (Wildman–Crippen LogP) is 3.20. The molecule has 1 N–H and O–H groups in total. The van der Waals surface area contributed by atoms with Gasteiger partial charge in [0.25, 0.3) is 0 Å². The van der Waals surface area contributed by atoms with Crippen molar-refractivity contribution in [3.05, 3.63) is 42.7 Å². The van der Waals surface area contributed by atoms with Crippen LogP contribution < -0.4 is 14.8 Å². The molecule has 1 amide bonds. The Morgan fingerprint density at radius 3 is 2.68 bits per heavy atom. The van der Waals surface area contributed by atoms with Crippen molar-refractivity contribution in [1.82, 2.24) is 20.1 Å². The molecule has 0 bridgehead atoms. The van der Waals surface area contributed by atoms with Crippen LogP contribution in [0.15, 0.2) is 42.1 Å². The molecule has 0 unspecified atom stereocenters. The number of amides is 1. The number of allylic oxidation sites excluding steroid dienone is 1. The van der Waals surface area contributed by atoms with Crippen molar-refractivity contribution in [2.75, 3.05) is 12.9 Å². The Bertz CT molecular complexity index is 785. The third-order valence-electron chi connectivity index (χ3n) is 4.59. The Hall–Kier alpha value is -2.48. The van der Waals surface area contributed by atoms with Crippen LogP contribution in [0.1, 0.15) is 31.5 Å². The summed E-state index contributed by atoms with van der Waals surface area (Å²) in [4.78, 5) is 12.2. The van der Waals surface area contributed by atoms with E-state index in [9.17, 15) is 4.79 Å². The second kappa shape index (κ2) is 10.2. The van der Waals surface area contributed by atoms with Crippen LogP contribution in [0.3, 0.4) is 0 Å². The van der Waals surface area contributed by atoms with Crippen LogP contribution >= 0.6 is 11.8 Å². The number of thioether (sulfide) groups is 1. The molecule has 1 aromatic heterocycles. The fourth-order valence-corrected chi connectivity index (χ4v) is 3.91. The Morgan fingerprint density at radius 2 is 2.00 bits per heavy atom. The number of ether oxygens (including phenoxy) is 2. The van der Waals surface area contributed by atoms with Gasteiger partial charge in [-0.05, 0) is 37.1 Å². The summed E-state index contributed by atoms with van der Waals surface area (Å²) in [6, 6.07) is 7.70. The van der Waals surface area contributed by atoms with Gasteiger partial charge in [0.15, 0.2) is 11.0 Å². The first kappa shape index (κ1) is 20.3. The van der Waals surface area contributed by atoms with Gasteiger partial charge in [-0.25, -0.2) is 0 Å². The molecular formula is C20H26N4O3S. The van der Waals surface area contributed by atoms with Crippen LogP contribution in [0.4, 0.5) is 0 Å². The summed E-state index contributed by atoms with van der Waals surface area (Å²) in [5.74, 6) is 2.55. The summed E-state index contributed by atoms with van der Waals surface area (Å²) in [5, 5.41) is 12.2. The van der Waals surface area contributed by atoms with Gasteiger partial charge in [-0.3, -0.25) is 9.36 Å². The number of hydrogen-bond donors (Lipinski definition) is 1. The highest BCUT2D eigenvalue weighted by molar-refractivity contribution is 7.99. The summed E-state index contributed by atoms with van der Waals surface area (Å²) in [6.45, 7) is 4.64. The summed E-state index contributed by atoms with van der Waals surface area (Å²) < 4.78 is 12.9. The standard InChI is InChI=1S/C20H26N4O3S/c1-3-12-24-18(13-27-17-10-8-16(26-2)9-11-17)22-23-20(24)28-14-19(25)21-15-6-4-5-7-15/h3,8-11,15H,1,4-7,12-14H2,2H3,(H,21,25). The van der Waals surface area contributed by atoms with E-state index in [-0.39, 0.29) is 12.5 Å². The Labute approximate surface area is 169 Å². The Morgan fingerprint density at radius 1 is 1.29 bits per heavy atom. The molecule has 1 heterocycles. The highest BCUT2D eigenvalue weighted by atomic mass is 32.2. The van der Waals surface area contributed by atoms with E-state index in [4.69, 9.17) is 9.47 Å². The van der Waals surface area contributed by atoms with Gasteiger partial charge in [-0.15, -0.1) is 16.8 Å². The van der Waals surface area contributed by atoms with Gasteiger partial charge in [-0.1, -0.05) is 30.7 Å². The number of carbonyl (C=O) groups excluding carboxylic acids is 1. The molecule has 0 saturated heterocycles. The van der Waals surface area contributed by atoms with Crippen LogP contribution in [0.2, 0.25) is 0 Å². The molecule has 0 atom stereocenters. The molecule has 1 fully saturated rings. The zero-order valence-electron chi connectivity index (χ0n) is 16.1. The van der Waals surface area contributed by atoms with Crippen molar-refractivity contribution >= 4 is 17.7 Å². The zero-order valence-corrected chi connectivity index (χ0v) is 16.9. The van der Waals surface area contributed by atoms with Gasteiger partial charge >= 0.3 is 0 Å². The van der Waals surface area contributed by atoms with Gasteiger partial charge in [-0.2, -0.15) is 0 Å². The van der Waals surface area contributed by atoms with Crippen LogP contribution in [-0.4, -0.2) is 39.6 Å². The molecule has 3 rings (SSSR count). The van der Waals surface area contributed by atoms with Gasteiger partial charge < -0.3 is 14.8 Å².